The number of anilines is 1. The third-order valence-corrected chi connectivity index (χ3v) is 4.23. The smallest absolute Gasteiger partial charge is 0.318 e. The summed E-state index contributed by atoms with van der Waals surface area (Å²) in [5.41, 5.74) is -3.01. The molecule has 10 heteroatoms. The van der Waals surface area contributed by atoms with Gasteiger partial charge in [0.15, 0.2) is 5.71 Å². The highest BCUT2D eigenvalue weighted by Crippen LogP contribution is 2.41. The maximum atomic E-state index is 13.5. The van der Waals surface area contributed by atoms with Gasteiger partial charge in [0, 0.05) is 10.0 Å². The van der Waals surface area contributed by atoms with E-state index in [9.17, 15) is 27.6 Å². The molecule has 0 saturated heterocycles. The number of hydrogen-bond acceptors (Lipinski definition) is 5. The number of ketones is 1. The maximum absolute atomic E-state index is 13.5. The van der Waals surface area contributed by atoms with Crippen molar-refractivity contribution in [3.8, 4) is 0 Å². The second-order valence-corrected chi connectivity index (χ2v) is 6.16. The lowest BCUT2D eigenvalue weighted by molar-refractivity contribution is -0.138. The van der Waals surface area contributed by atoms with Crippen LogP contribution in [0.5, 0.6) is 0 Å². The number of rotatable bonds is 2. The molecule has 0 unspecified atom stereocenters. The Hall–Kier alpha value is -3.01. The van der Waals surface area contributed by atoms with Gasteiger partial charge < -0.3 is 10.2 Å². The summed E-state index contributed by atoms with van der Waals surface area (Å²) in [6.07, 6.45) is -4.86. The van der Waals surface area contributed by atoms with Crippen LogP contribution in [0.1, 0.15) is 21.5 Å². The minimum atomic E-state index is -4.86. The Morgan fingerprint density at radius 2 is 1.74 bits per heavy atom. The summed E-state index contributed by atoms with van der Waals surface area (Å²) in [5.74, 6) is -3.54. The van der Waals surface area contributed by atoms with Crippen LogP contribution in [0.4, 0.5) is 18.9 Å². The summed E-state index contributed by atoms with van der Waals surface area (Å²) in [5, 5.41) is 5.35. The van der Waals surface area contributed by atoms with Gasteiger partial charge in [0.25, 0.3) is 11.7 Å². The summed E-state index contributed by atoms with van der Waals surface area (Å²) < 4.78 is 40.1. The number of oxime groups is 1. The number of benzene rings is 2. The summed E-state index contributed by atoms with van der Waals surface area (Å²) in [6, 6.07) is 9.75. The van der Waals surface area contributed by atoms with E-state index in [0.29, 0.717) is 0 Å². The van der Waals surface area contributed by atoms with Crippen molar-refractivity contribution in [2.75, 3.05) is 5.32 Å². The molecule has 3 rings (SSSR count). The first kappa shape index (κ1) is 18.8. The maximum Gasteiger partial charge on any atom is 0.418 e. The van der Waals surface area contributed by atoms with Gasteiger partial charge in [-0.3, -0.25) is 9.59 Å². The van der Waals surface area contributed by atoms with Gasteiger partial charge >= 0.3 is 12.1 Å². The fourth-order valence-corrected chi connectivity index (χ4v) is 2.96. The van der Waals surface area contributed by atoms with E-state index in [1.54, 1.807) is 6.07 Å². The van der Waals surface area contributed by atoms with Crippen LogP contribution in [0.15, 0.2) is 52.1 Å². The molecule has 0 atom stereocenters. The molecule has 138 valence electrons. The quantitative estimate of drug-likeness (QED) is 0.439. The predicted octanol–water partition coefficient (Wildman–Crippen LogP) is 3.55. The summed E-state index contributed by atoms with van der Waals surface area (Å²) in [4.78, 5) is 40.4. The normalized spacial score (nSPS) is 15.3. The molecule has 0 saturated carbocycles. The van der Waals surface area contributed by atoms with E-state index < -0.39 is 40.7 Å². The third kappa shape index (κ3) is 3.61. The Kier molecular flexibility index (Phi) is 4.83. The lowest BCUT2D eigenvalue weighted by Gasteiger charge is -2.22. The molecule has 27 heavy (non-hydrogen) atoms. The largest absolute Gasteiger partial charge is 0.418 e. The van der Waals surface area contributed by atoms with Gasteiger partial charge in [-0.25, -0.2) is 4.79 Å². The Labute approximate surface area is 158 Å². The Morgan fingerprint density at radius 1 is 1.07 bits per heavy atom. The molecule has 2 aromatic carbocycles. The summed E-state index contributed by atoms with van der Waals surface area (Å²) >= 11 is 2.78. The minimum Gasteiger partial charge on any atom is -0.318 e. The van der Waals surface area contributed by atoms with E-state index in [0.717, 1.165) is 6.07 Å². The van der Waals surface area contributed by atoms with Gasteiger partial charge in [0.2, 0.25) is 0 Å². The zero-order chi connectivity index (χ0) is 19.8. The monoisotopic (exact) mass is 440 g/mol. The lowest BCUT2D eigenvalue weighted by atomic mass is 9.94. The molecule has 0 aliphatic carbocycles. The Balaban J connectivity index is 2.11. The predicted molar refractivity (Wildman–Crippen MR) is 91.2 cm³/mol. The van der Waals surface area contributed by atoms with Crippen LogP contribution in [0, 0.1) is 0 Å². The first-order chi connectivity index (χ1) is 12.7. The molecule has 1 heterocycles. The first-order valence-corrected chi connectivity index (χ1v) is 8.09. The average Bonchev–Trinajstić information content (AvgIpc) is 2.62. The van der Waals surface area contributed by atoms with Crippen LogP contribution in [0.3, 0.4) is 0 Å². The number of halogens is 4. The van der Waals surface area contributed by atoms with Gasteiger partial charge in [-0.1, -0.05) is 39.3 Å². The molecular formula is C17H8BrF3N2O4. The zero-order valence-corrected chi connectivity index (χ0v) is 14.7. The molecule has 1 amide bonds. The van der Waals surface area contributed by atoms with Crippen molar-refractivity contribution in [3.05, 3.63) is 63.6 Å². The van der Waals surface area contributed by atoms with E-state index in [1.807, 2.05) is 0 Å². The number of fused-ring (bicyclic) bond motifs is 1. The number of carbonyl (C=O) groups excluding carboxylic acids is 3. The van der Waals surface area contributed by atoms with Gasteiger partial charge in [0.1, 0.15) is 0 Å². The number of Topliss-reactive ketones (excluding diaryl/α,β-unsaturated/α-hetero) is 1. The number of nitrogens with one attached hydrogen (secondary N) is 1. The highest BCUT2D eigenvalue weighted by atomic mass is 79.9. The molecule has 0 fully saturated rings. The molecule has 2 aromatic rings. The lowest BCUT2D eigenvalue weighted by Crippen LogP contribution is -2.38. The standard InChI is InChI=1S/C17H8BrF3N2O4/c18-9-6-7-10-11(12(9)17(19,20)21)13(14(24)15(25)22-10)23-27-16(26)8-4-2-1-3-5-8/h1-7H,(H,22,25). The molecule has 0 spiro atoms. The zero-order valence-electron chi connectivity index (χ0n) is 13.1. The summed E-state index contributed by atoms with van der Waals surface area (Å²) in [7, 11) is 0. The fourth-order valence-electron chi connectivity index (χ4n) is 2.41. The second kappa shape index (κ2) is 6.95. The molecule has 1 aliphatic heterocycles. The number of carbonyl (C=O) groups is 3. The number of alkyl halides is 3. The van der Waals surface area contributed by atoms with Gasteiger partial charge in [-0.05, 0) is 24.3 Å². The Morgan fingerprint density at radius 3 is 2.37 bits per heavy atom. The minimum absolute atomic E-state index is 0.0695. The van der Waals surface area contributed by atoms with Crippen molar-refractivity contribution in [1.82, 2.24) is 0 Å². The van der Waals surface area contributed by atoms with Crippen LogP contribution >= 0.6 is 15.9 Å². The topological polar surface area (TPSA) is 84.8 Å². The van der Waals surface area contributed by atoms with Gasteiger partial charge in [-0.2, -0.15) is 13.2 Å². The molecule has 6 nitrogen and oxygen atoms in total. The van der Waals surface area contributed by atoms with E-state index >= 15 is 0 Å². The van der Waals surface area contributed by atoms with E-state index in [4.69, 9.17) is 0 Å². The number of hydrogen-bond donors (Lipinski definition) is 1. The van der Waals surface area contributed by atoms with E-state index in [2.05, 4.69) is 31.2 Å². The van der Waals surface area contributed by atoms with Crippen molar-refractivity contribution < 1.29 is 32.4 Å². The van der Waals surface area contributed by atoms with Gasteiger partial charge in [0.05, 0.1) is 16.8 Å². The van der Waals surface area contributed by atoms with Crippen LogP contribution < -0.4 is 5.32 Å². The van der Waals surface area contributed by atoms with Crippen LogP contribution in [-0.2, 0) is 20.6 Å². The molecule has 0 radical (unpaired) electrons. The molecular weight excluding hydrogens is 433 g/mol. The van der Waals surface area contributed by atoms with Crippen molar-refractivity contribution >= 4 is 45.0 Å². The molecule has 1 aliphatic rings. The van der Waals surface area contributed by atoms with E-state index in [1.165, 1.54) is 30.3 Å². The number of amides is 1. The van der Waals surface area contributed by atoms with Crippen molar-refractivity contribution in [3.63, 3.8) is 0 Å². The van der Waals surface area contributed by atoms with Crippen LogP contribution in [0.2, 0.25) is 0 Å². The van der Waals surface area contributed by atoms with Crippen LogP contribution in [-0.4, -0.2) is 23.4 Å². The average molecular weight is 441 g/mol. The van der Waals surface area contributed by atoms with Crippen molar-refractivity contribution in [2.45, 2.75) is 6.18 Å². The molecule has 1 N–H and O–H groups in total. The first-order valence-electron chi connectivity index (χ1n) is 7.30. The highest BCUT2D eigenvalue weighted by molar-refractivity contribution is 9.10. The molecule has 0 bridgehead atoms. The van der Waals surface area contributed by atoms with Gasteiger partial charge in [-0.15, -0.1) is 0 Å². The Bertz CT molecular complexity index is 988. The SMILES string of the molecule is O=C1Nc2ccc(Br)c(C(F)(F)F)c2C(=NOC(=O)c2ccccc2)C1=O. The fraction of sp³-hybridized carbons (Fsp3) is 0.0588. The second-order valence-electron chi connectivity index (χ2n) is 5.31. The summed E-state index contributed by atoms with van der Waals surface area (Å²) in [6.45, 7) is 0. The molecule has 0 aromatic heterocycles. The highest BCUT2D eigenvalue weighted by Gasteiger charge is 2.43. The van der Waals surface area contributed by atoms with Crippen LogP contribution in [0.25, 0.3) is 0 Å². The van der Waals surface area contributed by atoms with E-state index in [-0.39, 0.29) is 15.7 Å². The number of nitrogens with zero attached hydrogens (tertiary/aromatic N) is 1. The van der Waals surface area contributed by atoms with Crippen molar-refractivity contribution in [2.24, 2.45) is 5.16 Å². The third-order valence-electron chi connectivity index (χ3n) is 3.57. The van der Waals surface area contributed by atoms with Crippen molar-refractivity contribution in [1.29, 1.82) is 0 Å².